The number of ether oxygens (including phenoxy) is 1. The smallest absolute Gasteiger partial charge is 0.314 e. The minimum atomic E-state index is -0.856. The number of hydrogen-bond acceptors (Lipinski definition) is 7. The van der Waals surface area contributed by atoms with Gasteiger partial charge in [-0.3, -0.25) is 29.4 Å². The molecule has 10 nitrogen and oxygen atoms in total. The number of nitro benzene ring substituents is 1. The fourth-order valence-corrected chi connectivity index (χ4v) is 3.32. The summed E-state index contributed by atoms with van der Waals surface area (Å²) in [5.74, 6) is -0.343. The molecule has 11 heteroatoms. The lowest BCUT2D eigenvalue weighted by atomic mass is 9.96. The van der Waals surface area contributed by atoms with Gasteiger partial charge >= 0.3 is 17.1 Å². The van der Waals surface area contributed by atoms with E-state index in [9.17, 15) is 24.5 Å². The number of aromatic nitrogens is 2. The highest BCUT2D eigenvalue weighted by molar-refractivity contribution is 8.93. The fraction of sp³-hybridized carbons (Fsp3) is 0.471. The predicted octanol–water partition coefficient (Wildman–Crippen LogP) is 1.48. The first kappa shape index (κ1) is 21.8. The molecule has 1 aromatic heterocycles. The van der Waals surface area contributed by atoms with Crippen LogP contribution in [0.2, 0.25) is 0 Å². The van der Waals surface area contributed by atoms with Gasteiger partial charge in [-0.05, 0) is 38.9 Å². The molecule has 1 fully saturated rings. The van der Waals surface area contributed by atoms with Gasteiger partial charge in [-0.1, -0.05) is 0 Å². The summed E-state index contributed by atoms with van der Waals surface area (Å²) in [6, 6.07) is 2.77. The van der Waals surface area contributed by atoms with Crippen LogP contribution in [0.5, 0.6) is 0 Å². The quantitative estimate of drug-likeness (QED) is 0.300. The number of nitro groups is 1. The summed E-state index contributed by atoms with van der Waals surface area (Å²) in [4.78, 5) is 52.5. The number of halogens is 1. The Balaban J connectivity index is 0.00000280. The molecule has 0 unspecified atom stereocenters. The Morgan fingerprint density at radius 3 is 2.32 bits per heavy atom. The zero-order valence-electron chi connectivity index (χ0n) is 15.2. The SMILES string of the molecule is Br.CCOC(=O)C1CCN(Cc2cc3[nH]c(=O)c(=O)[nH]c3cc2[N+](=O)[O-])CC1. The second kappa shape index (κ2) is 9.11. The van der Waals surface area contributed by atoms with Crippen molar-refractivity contribution in [3.05, 3.63) is 48.5 Å². The molecule has 0 saturated carbocycles. The summed E-state index contributed by atoms with van der Waals surface area (Å²) < 4.78 is 5.04. The summed E-state index contributed by atoms with van der Waals surface area (Å²) >= 11 is 0. The Morgan fingerprint density at radius 2 is 1.79 bits per heavy atom. The highest BCUT2D eigenvalue weighted by Gasteiger charge is 2.27. The van der Waals surface area contributed by atoms with Gasteiger partial charge in [-0.2, -0.15) is 0 Å². The molecule has 1 aliphatic heterocycles. The lowest BCUT2D eigenvalue weighted by molar-refractivity contribution is -0.385. The number of likely N-dealkylation sites (tertiary alicyclic amines) is 1. The molecule has 2 N–H and O–H groups in total. The number of piperidine rings is 1. The number of fused-ring (bicyclic) bond motifs is 1. The van der Waals surface area contributed by atoms with Crippen molar-refractivity contribution in [2.45, 2.75) is 26.3 Å². The van der Waals surface area contributed by atoms with E-state index in [2.05, 4.69) is 9.97 Å². The van der Waals surface area contributed by atoms with Crippen LogP contribution >= 0.6 is 17.0 Å². The third-order valence-corrected chi connectivity index (χ3v) is 4.72. The standard InChI is InChI=1S/C17H20N4O6.BrH/c1-2-27-17(24)10-3-5-20(6-4-10)9-11-7-12-13(8-14(11)21(25)26)19-16(23)15(22)18-12;/h7-8,10H,2-6,9H2,1H3,(H,18,22)(H,19,23);1H. The summed E-state index contributed by atoms with van der Waals surface area (Å²) in [6.45, 7) is 3.65. The monoisotopic (exact) mass is 456 g/mol. The van der Waals surface area contributed by atoms with Crippen LogP contribution in [0, 0.1) is 16.0 Å². The Bertz CT molecular complexity index is 993. The molecule has 152 valence electrons. The third kappa shape index (κ3) is 4.65. The van der Waals surface area contributed by atoms with Gasteiger partial charge in [0.1, 0.15) is 0 Å². The van der Waals surface area contributed by atoms with E-state index in [1.807, 2.05) is 4.90 Å². The lowest BCUT2D eigenvalue weighted by Gasteiger charge is -2.30. The normalized spacial score (nSPS) is 15.2. The van der Waals surface area contributed by atoms with Gasteiger partial charge in [-0.25, -0.2) is 0 Å². The zero-order chi connectivity index (χ0) is 19.6. The van der Waals surface area contributed by atoms with Crippen molar-refractivity contribution in [1.29, 1.82) is 0 Å². The number of hydrogen-bond donors (Lipinski definition) is 2. The van der Waals surface area contributed by atoms with E-state index >= 15 is 0 Å². The fourth-order valence-electron chi connectivity index (χ4n) is 3.32. The molecule has 0 amide bonds. The predicted molar refractivity (Wildman–Crippen MR) is 107 cm³/mol. The second-order valence-electron chi connectivity index (χ2n) is 6.49. The van der Waals surface area contributed by atoms with E-state index in [1.165, 1.54) is 12.1 Å². The molecule has 0 radical (unpaired) electrons. The van der Waals surface area contributed by atoms with E-state index < -0.39 is 16.0 Å². The van der Waals surface area contributed by atoms with Gasteiger partial charge in [0.15, 0.2) is 0 Å². The van der Waals surface area contributed by atoms with Crippen LogP contribution in [0.1, 0.15) is 25.3 Å². The molecule has 1 aromatic carbocycles. The van der Waals surface area contributed by atoms with Gasteiger partial charge in [0.25, 0.3) is 5.69 Å². The summed E-state index contributed by atoms with van der Waals surface area (Å²) in [6.07, 6.45) is 1.26. The maximum atomic E-state index is 11.8. The van der Waals surface area contributed by atoms with Crippen molar-refractivity contribution in [2.75, 3.05) is 19.7 Å². The summed E-state index contributed by atoms with van der Waals surface area (Å²) in [5.41, 5.74) is -0.816. The number of H-pyrrole nitrogens is 2. The Hall–Kier alpha value is -2.53. The number of nitrogens with zero attached hydrogens (tertiary/aromatic N) is 2. The van der Waals surface area contributed by atoms with Crippen molar-refractivity contribution in [1.82, 2.24) is 14.9 Å². The highest BCUT2D eigenvalue weighted by atomic mass is 79.9. The van der Waals surface area contributed by atoms with Crippen molar-refractivity contribution in [2.24, 2.45) is 5.92 Å². The van der Waals surface area contributed by atoms with Gasteiger partial charge in [0.05, 0.1) is 28.5 Å². The maximum absolute atomic E-state index is 11.8. The lowest BCUT2D eigenvalue weighted by Crippen LogP contribution is -2.36. The Morgan fingerprint density at radius 1 is 1.21 bits per heavy atom. The van der Waals surface area contributed by atoms with E-state index in [4.69, 9.17) is 4.74 Å². The molecule has 1 saturated heterocycles. The summed E-state index contributed by atoms with van der Waals surface area (Å²) in [5, 5.41) is 11.4. The first-order chi connectivity index (χ1) is 12.9. The van der Waals surface area contributed by atoms with E-state index in [0.29, 0.717) is 50.2 Å². The molecule has 2 heterocycles. The number of esters is 1. The van der Waals surface area contributed by atoms with Gasteiger partial charge < -0.3 is 14.7 Å². The average Bonchev–Trinajstić information content (AvgIpc) is 2.63. The number of nitrogens with one attached hydrogen (secondary N) is 2. The van der Waals surface area contributed by atoms with Gasteiger partial charge in [0, 0.05) is 18.2 Å². The molecule has 3 rings (SSSR count). The molecule has 0 bridgehead atoms. The van der Waals surface area contributed by atoms with E-state index in [-0.39, 0.29) is 40.1 Å². The highest BCUT2D eigenvalue weighted by Crippen LogP contribution is 2.27. The van der Waals surface area contributed by atoms with Gasteiger partial charge in [0.2, 0.25) is 0 Å². The topological polar surface area (TPSA) is 138 Å². The van der Waals surface area contributed by atoms with Crippen LogP contribution in [0.4, 0.5) is 5.69 Å². The Labute approximate surface area is 169 Å². The first-order valence-electron chi connectivity index (χ1n) is 8.71. The van der Waals surface area contributed by atoms with Crippen LogP contribution in [0.25, 0.3) is 11.0 Å². The van der Waals surface area contributed by atoms with Crippen molar-refractivity contribution in [3.63, 3.8) is 0 Å². The molecule has 0 spiro atoms. The number of benzene rings is 1. The van der Waals surface area contributed by atoms with Crippen LogP contribution in [0.15, 0.2) is 21.7 Å². The zero-order valence-corrected chi connectivity index (χ0v) is 16.9. The number of carbonyl (C=O) groups excluding carboxylic acids is 1. The Kier molecular flexibility index (Phi) is 7.08. The molecule has 2 aromatic rings. The molecular weight excluding hydrogens is 436 g/mol. The minimum Gasteiger partial charge on any atom is -0.466 e. The maximum Gasteiger partial charge on any atom is 0.314 e. The molecular formula is C17H21BrN4O6. The van der Waals surface area contributed by atoms with Crippen LogP contribution in [0.3, 0.4) is 0 Å². The van der Waals surface area contributed by atoms with Crippen LogP contribution in [-0.2, 0) is 16.1 Å². The second-order valence-corrected chi connectivity index (χ2v) is 6.49. The van der Waals surface area contributed by atoms with Crippen molar-refractivity contribution < 1.29 is 14.5 Å². The van der Waals surface area contributed by atoms with Crippen molar-refractivity contribution in [3.8, 4) is 0 Å². The van der Waals surface area contributed by atoms with Gasteiger partial charge in [-0.15, -0.1) is 17.0 Å². The number of rotatable bonds is 5. The van der Waals surface area contributed by atoms with Crippen molar-refractivity contribution >= 4 is 39.7 Å². The van der Waals surface area contributed by atoms with E-state index in [1.54, 1.807) is 6.92 Å². The molecule has 0 aliphatic carbocycles. The molecule has 1 aliphatic rings. The number of aromatic amines is 2. The molecule has 0 atom stereocenters. The average molecular weight is 457 g/mol. The number of carbonyl (C=O) groups is 1. The van der Waals surface area contributed by atoms with Crippen LogP contribution in [-0.4, -0.2) is 45.5 Å². The minimum absolute atomic E-state index is 0. The first-order valence-corrected chi connectivity index (χ1v) is 8.71. The van der Waals surface area contributed by atoms with E-state index in [0.717, 1.165) is 0 Å². The van der Waals surface area contributed by atoms with Crippen LogP contribution < -0.4 is 11.1 Å². The summed E-state index contributed by atoms with van der Waals surface area (Å²) in [7, 11) is 0. The molecule has 28 heavy (non-hydrogen) atoms. The largest absolute Gasteiger partial charge is 0.466 e. The third-order valence-electron chi connectivity index (χ3n) is 4.72.